The zero-order chi connectivity index (χ0) is 40.6. The number of thiophene rings is 1. The Labute approximate surface area is 350 Å². The van der Waals surface area contributed by atoms with E-state index in [2.05, 4.69) is 36.9 Å². The summed E-state index contributed by atoms with van der Waals surface area (Å²) in [5.74, 6) is 0.614. The maximum Gasteiger partial charge on any atom is 0.257 e. The molecule has 3 aromatic heterocycles. The van der Waals surface area contributed by atoms with Crippen molar-refractivity contribution < 1.29 is 18.8 Å². The Kier molecular flexibility index (Phi) is 13.2. The van der Waals surface area contributed by atoms with E-state index >= 15 is 0 Å². The van der Waals surface area contributed by atoms with Crippen molar-refractivity contribution in [2.75, 3.05) is 48.3 Å². The smallest absolute Gasteiger partial charge is 0.257 e. The molecule has 1 saturated heterocycles. The topological polar surface area (TPSA) is 137 Å². The Morgan fingerprint density at radius 3 is 2.38 bits per heavy atom. The number of piperazine rings is 1. The molecule has 3 N–H and O–H groups in total. The summed E-state index contributed by atoms with van der Waals surface area (Å²) < 4.78 is 7.90. The predicted octanol–water partition coefficient (Wildman–Crippen LogP) is 9.59. The molecule has 4 heterocycles. The van der Waals surface area contributed by atoms with Crippen molar-refractivity contribution in [2.45, 2.75) is 58.8 Å². The van der Waals surface area contributed by atoms with E-state index in [0.717, 1.165) is 69.9 Å². The zero-order valence-corrected chi connectivity index (χ0v) is 35.1. The van der Waals surface area contributed by atoms with Crippen LogP contribution in [0.15, 0.2) is 98.1 Å². The molecule has 1 aliphatic rings. The van der Waals surface area contributed by atoms with Crippen LogP contribution in [0.4, 0.5) is 23.1 Å². The van der Waals surface area contributed by atoms with Crippen molar-refractivity contribution in [3.8, 4) is 0 Å². The van der Waals surface area contributed by atoms with Crippen molar-refractivity contribution in [1.82, 2.24) is 15.2 Å². The molecule has 0 bridgehead atoms. The highest BCUT2D eigenvalue weighted by Crippen LogP contribution is 2.31. The number of aryl methyl sites for hydroxylation is 2. The van der Waals surface area contributed by atoms with Crippen molar-refractivity contribution in [3.05, 3.63) is 121 Å². The van der Waals surface area contributed by atoms with Gasteiger partial charge in [-0.15, -0.1) is 11.3 Å². The van der Waals surface area contributed by atoms with Crippen molar-refractivity contribution in [1.29, 1.82) is 0 Å². The van der Waals surface area contributed by atoms with Crippen LogP contribution in [0.3, 0.4) is 0 Å². The minimum atomic E-state index is -0.272. The number of nitrogens with one attached hydrogen (secondary N) is 3. The number of benzene rings is 3. The van der Waals surface area contributed by atoms with E-state index in [1.165, 1.54) is 17.5 Å². The Balaban J connectivity index is 0.826. The Morgan fingerprint density at radius 1 is 0.828 bits per heavy atom. The van der Waals surface area contributed by atoms with Gasteiger partial charge in [0.2, 0.25) is 5.91 Å². The summed E-state index contributed by atoms with van der Waals surface area (Å²) >= 11 is 5.04. The molecule has 0 unspecified atom stereocenters. The van der Waals surface area contributed by atoms with Gasteiger partial charge in [-0.25, -0.2) is 4.98 Å². The first kappa shape index (κ1) is 40.7. The lowest BCUT2D eigenvalue weighted by molar-refractivity contribution is -0.131. The van der Waals surface area contributed by atoms with Crippen LogP contribution in [0.25, 0.3) is 21.1 Å². The quantitative estimate of drug-likeness (QED) is 0.0869. The van der Waals surface area contributed by atoms with Crippen LogP contribution in [0.2, 0.25) is 0 Å². The molecule has 3 amide bonds. The highest BCUT2D eigenvalue weighted by molar-refractivity contribution is 9.10. The maximum atomic E-state index is 13.5. The molecular weight excluding hydrogens is 817 g/mol. The average molecular weight is 864 g/mol. The van der Waals surface area contributed by atoms with Crippen LogP contribution in [-0.4, -0.2) is 60.3 Å². The van der Waals surface area contributed by atoms with Gasteiger partial charge in [0.15, 0.2) is 22.7 Å². The van der Waals surface area contributed by atoms with E-state index < -0.39 is 0 Å². The van der Waals surface area contributed by atoms with Crippen LogP contribution in [0.1, 0.15) is 76.8 Å². The lowest BCUT2D eigenvalue weighted by Crippen LogP contribution is -2.48. The van der Waals surface area contributed by atoms with Crippen LogP contribution < -0.4 is 26.3 Å². The molecule has 1 aliphatic heterocycles. The lowest BCUT2D eigenvalue weighted by atomic mass is 10.1. The molecule has 11 nitrogen and oxygen atoms in total. The minimum absolute atomic E-state index is 0.0730. The molecule has 0 aliphatic carbocycles. The monoisotopic (exact) mass is 862 g/mol. The van der Waals surface area contributed by atoms with Crippen molar-refractivity contribution in [3.63, 3.8) is 0 Å². The molecular formula is C45H47BrN6O5S. The fourth-order valence-corrected chi connectivity index (χ4v) is 8.81. The third kappa shape index (κ3) is 9.76. The molecule has 0 spiro atoms. The number of rotatable bonds is 15. The maximum absolute atomic E-state index is 13.5. The summed E-state index contributed by atoms with van der Waals surface area (Å²) in [7, 11) is 0. The molecule has 0 atom stereocenters. The molecule has 1 fully saturated rings. The number of nitrogens with zero attached hydrogens (tertiary/aromatic N) is 3. The van der Waals surface area contributed by atoms with Gasteiger partial charge in [-0.2, -0.15) is 0 Å². The Morgan fingerprint density at radius 2 is 1.57 bits per heavy atom. The van der Waals surface area contributed by atoms with Crippen LogP contribution in [0, 0.1) is 13.8 Å². The van der Waals surface area contributed by atoms with Crippen LogP contribution in [-0.2, 0) is 4.79 Å². The molecule has 300 valence electrons. The van der Waals surface area contributed by atoms with Gasteiger partial charge in [0, 0.05) is 72.6 Å². The highest BCUT2D eigenvalue weighted by atomic mass is 79.9. The number of hydrogen-bond donors (Lipinski definition) is 3. The molecule has 0 radical (unpaired) electrons. The highest BCUT2D eigenvalue weighted by Gasteiger charge is 2.23. The molecule has 13 heteroatoms. The van der Waals surface area contributed by atoms with Gasteiger partial charge in [-0.3, -0.25) is 19.2 Å². The molecule has 7 rings (SSSR count). The number of carbonyl (C=O) groups is 3. The van der Waals surface area contributed by atoms with Gasteiger partial charge in [0.05, 0.1) is 26.7 Å². The van der Waals surface area contributed by atoms with E-state index in [9.17, 15) is 19.2 Å². The van der Waals surface area contributed by atoms with Crippen molar-refractivity contribution in [2.24, 2.45) is 0 Å². The van der Waals surface area contributed by atoms with Gasteiger partial charge in [0.1, 0.15) is 0 Å². The normalized spacial score (nSPS) is 12.9. The summed E-state index contributed by atoms with van der Waals surface area (Å²) in [5, 5.41) is 12.6. The summed E-state index contributed by atoms with van der Waals surface area (Å²) in [6.07, 6.45) is 7.69. The number of unbranched alkanes of at least 4 members (excludes halogenated alkanes) is 5. The second-order valence-electron chi connectivity index (χ2n) is 14.7. The van der Waals surface area contributed by atoms with E-state index in [4.69, 9.17) is 4.42 Å². The number of fused-ring (bicyclic) bond motifs is 2. The van der Waals surface area contributed by atoms with Gasteiger partial charge in [0.25, 0.3) is 11.8 Å². The summed E-state index contributed by atoms with van der Waals surface area (Å²) in [4.78, 5) is 61.0. The summed E-state index contributed by atoms with van der Waals surface area (Å²) in [6.45, 7) is 6.86. The standard InChI is InChI=1S/C45H47BrN6O5S/c1-29-23-33-38(53)26-41(57-42(33)35(46)24-29)52-21-19-51(20-22-52)40(54)17-7-5-3-4-6-12-18-47-44(55)31-25-37(43(48-27-31)49-36-15-10-8-13-30(36)2)50-45(56)34-28-58-39-16-11-9-14-32(34)39/h8-11,13-16,23-28H,3-7,12,17-22H2,1-2H3,(H,47,55)(H,48,49)(H,50,56). The van der Waals surface area contributed by atoms with E-state index in [1.807, 2.05) is 89.7 Å². The first-order valence-electron chi connectivity index (χ1n) is 19.8. The van der Waals surface area contributed by atoms with Gasteiger partial charge < -0.3 is 30.2 Å². The fraction of sp³-hybridized carbons (Fsp3) is 0.311. The molecule has 0 saturated carbocycles. The molecule has 6 aromatic rings. The number of hydrogen-bond acceptors (Lipinski definition) is 9. The predicted molar refractivity (Wildman–Crippen MR) is 237 cm³/mol. The molecule has 3 aromatic carbocycles. The molecule has 58 heavy (non-hydrogen) atoms. The van der Waals surface area contributed by atoms with Gasteiger partial charge in [-0.1, -0.05) is 62.1 Å². The third-order valence-corrected chi connectivity index (χ3v) is 12.0. The summed E-state index contributed by atoms with van der Waals surface area (Å²) in [6, 6.07) is 22.6. The number of para-hydroxylation sites is 1. The van der Waals surface area contributed by atoms with E-state index in [0.29, 0.717) is 78.6 Å². The number of aromatic nitrogens is 1. The van der Waals surface area contributed by atoms with Gasteiger partial charge >= 0.3 is 0 Å². The summed E-state index contributed by atoms with van der Waals surface area (Å²) in [5.41, 5.74) is 4.67. The van der Waals surface area contributed by atoms with E-state index in [1.54, 1.807) is 12.1 Å². The minimum Gasteiger partial charge on any atom is -0.439 e. The Hall–Kier alpha value is -5.53. The zero-order valence-electron chi connectivity index (χ0n) is 32.7. The van der Waals surface area contributed by atoms with Gasteiger partial charge in [-0.05, 0) is 84.1 Å². The number of carbonyl (C=O) groups excluding carboxylic acids is 3. The van der Waals surface area contributed by atoms with Crippen LogP contribution in [0.5, 0.6) is 0 Å². The largest absolute Gasteiger partial charge is 0.439 e. The first-order valence-corrected chi connectivity index (χ1v) is 21.5. The second-order valence-corrected chi connectivity index (χ2v) is 16.5. The number of anilines is 4. The number of pyridine rings is 1. The number of amides is 3. The lowest BCUT2D eigenvalue weighted by Gasteiger charge is -2.35. The SMILES string of the molecule is Cc1cc(Br)c2oc(N3CCN(C(=O)CCCCCCCCNC(=O)c4cnc(Nc5ccccc5C)c(NC(=O)c5csc6ccccc56)c4)CC3)cc(=O)c2c1. The first-order chi connectivity index (χ1) is 28.1. The number of halogens is 1. The van der Waals surface area contributed by atoms with Crippen LogP contribution >= 0.6 is 27.3 Å². The fourth-order valence-electron chi connectivity index (χ4n) is 7.21. The second kappa shape index (κ2) is 18.8. The van der Waals surface area contributed by atoms with Crippen molar-refractivity contribution >= 4 is 89.1 Å². The Bertz CT molecular complexity index is 2510. The van der Waals surface area contributed by atoms with E-state index in [-0.39, 0.29) is 23.2 Å². The average Bonchev–Trinajstić information content (AvgIpc) is 3.66. The third-order valence-electron chi connectivity index (χ3n) is 10.5.